The van der Waals surface area contributed by atoms with E-state index in [2.05, 4.69) is 72.8 Å². The molecule has 2 fully saturated rings. The number of rotatable bonds is 33. The lowest BCUT2D eigenvalue weighted by Gasteiger charge is -2.30. The number of primary amides is 1. The maximum atomic E-state index is 15.3. The molecule has 0 unspecified atom stereocenters. The highest BCUT2D eigenvalue weighted by Gasteiger charge is 2.40. The number of aliphatic imine (C=N–C) groups is 1. The molecule has 0 saturated carbocycles. The van der Waals surface area contributed by atoms with Gasteiger partial charge in [-0.15, -0.1) is 0 Å². The van der Waals surface area contributed by atoms with E-state index in [9.17, 15) is 48.6 Å². The van der Waals surface area contributed by atoms with E-state index in [0.29, 0.717) is 38.6 Å². The minimum absolute atomic E-state index is 0.0392. The number of guanidine groups is 1. The Kier molecular flexibility index (Phi) is 21.1. The van der Waals surface area contributed by atoms with Gasteiger partial charge in [0.1, 0.15) is 60.1 Å². The normalized spacial score (nSPS) is 18.1. The molecular weight excluding hydrogens is 1230 g/mol. The molecule has 5 heterocycles. The number of hydrogen-bond acceptors (Lipinski definition) is 15. The van der Waals surface area contributed by atoms with Crippen LogP contribution < -0.4 is 65.1 Å². The Morgan fingerprint density at radius 3 is 1.77 bits per heavy atom. The number of aliphatic hydroxyl groups excluding tert-OH is 1. The molecule has 3 aromatic heterocycles. The number of benzene rings is 3. The predicted octanol–water partition coefficient (Wildman–Crippen LogP) is -2.29. The van der Waals surface area contributed by atoms with Gasteiger partial charge >= 0.3 is 0 Å². The van der Waals surface area contributed by atoms with Crippen LogP contribution in [0.3, 0.4) is 0 Å². The van der Waals surface area contributed by atoms with E-state index in [1.807, 2.05) is 0 Å². The molecule has 0 radical (unpaired) electrons. The van der Waals surface area contributed by atoms with Crippen LogP contribution in [-0.2, 0) is 78.4 Å². The third-order valence-corrected chi connectivity index (χ3v) is 16.1. The monoisotopic (exact) mass is 1320 g/mol. The van der Waals surface area contributed by atoms with Crippen LogP contribution in [0.25, 0.3) is 21.8 Å². The number of para-hydroxylation sites is 2. The third kappa shape index (κ3) is 19.6. The number of aromatic amines is 3. The number of carbonyl (C=O) groups is 11. The summed E-state index contributed by atoms with van der Waals surface area (Å²) in [6, 6.07) is 4.28. The number of imidazole rings is 1. The second kappa shape index (κ2) is 33.1. The molecule has 31 heteroatoms. The number of amides is 11. The van der Waals surface area contributed by atoms with Gasteiger partial charge in [0.25, 0.3) is 0 Å². The van der Waals surface area contributed by atoms with Crippen molar-refractivity contribution in [3.05, 3.63) is 120 Å². The van der Waals surface area contributed by atoms with E-state index in [-0.39, 0.29) is 87.6 Å². The number of H-pyrrole nitrogens is 3. The van der Waals surface area contributed by atoms with E-state index in [4.69, 9.17) is 26.8 Å². The Labute approximate surface area is 555 Å². The Balaban J connectivity index is 1.11. The van der Waals surface area contributed by atoms with Gasteiger partial charge in [0, 0.05) is 101 Å². The zero-order valence-electron chi connectivity index (χ0n) is 58.5. The highest BCUT2D eigenvalue weighted by Crippen LogP contribution is 2.24. The molecule has 11 amide bonds. The Morgan fingerprint density at radius 2 is 1.22 bits per heavy atom. The first-order valence-electron chi connectivity index (χ1n) is 34.1. The van der Waals surface area contributed by atoms with Crippen LogP contribution in [0.15, 0.2) is 103 Å². The van der Waals surface area contributed by atoms with E-state index < -0.39 is 165 Å². The molecule has 2 aliphatic rings. The van der Waals surface area contributed by atoms with Crippen LogP contribution in [0.2, 0.25) is 0 Å². The average Bonchev–Trinajstić information content (AvgIpc) is 1.13. The summed E-state index contributed by atoms with van der Waals surface area (Å²) in [7, 11) is 0. The first-order valence-corrected chi connectivity index (χ1v) is 30.6. The fourth-order valence-electron chi connectivity index (χ4n) is 11.2. The SMILES string of the molecule is [2H]C([2H])([2H])C([2H])(C[C@H](NC(=O)[C@@H](Cc1c[nH]c2ccccc12)NC(=O)[C@H](Cc1ccc(O)cc1)NC(=O)[C@H](CO)NC(=O)[C@H](Cc1c[nH]c2ccccc12)NC(=O)[C@H](Cc1cnc[nH]1)NC(=O)[C@@H]1CCC(=O)N1)C(=O)N[C@@H](CCCN=C(N)N)C(=O)N1CCC[C@H]1C(=O)NCC(N)=O)C([2H])([2H])[2H]. The van der Waals surface area contributed by atoms with Crippen LogP contribution >= 0.6 is 0 Å². The van der Waals surface area contributed by atoms with Crippen molar-refractivity contribution < 1.29 is 72.5 Å². The number of phenols is 1. The maximum absolute atomic E-state index is 15.3. The number of aromatic nitrogens is 4. The number of likely N-dealkylation sites (tertiary alicyclic amines) is 1. The smallest absolute Gasteiger partial charge is 0.245 e. The van der Waals surface area contributed by atoms with Crippen molar-refractivity contribution in [3.8, 4) is 5.75 Å². The highest BCUT2D eigenvalue weighted by atomic mass is 16.3. The van der Waals surface area contributed by atoms with E-state index in [1.165, 1.54) is 43.0 Å². The molecule has 8 rings (SSSR count). The predicted molar refractivity (Wildman–Crippen MR) is 346 cm³/mol. The van der Waals surface area contributed by atoms with E-state index >= 15 is 14.4 Å². The lowest BCUT2D eigenvalue weighted by Crippen LogP contribution is -2.61. The second-order valence-electron chi connectivity index (χ2n) is 23.1. The first-order chi connectivity index (χ1) is 48.3. The molecule has 3 aromatic carbocycles. The number of aliphatic hydroxyl groups is 1. The molecule has 2 aliphatic heterocycles. The van der Waals surface area contributed by atoms with Gasteiger partial charge in [0.15, 0.2) is 5.96 Å². The number of phenolic OH excluding ortho intramolecular Hbond substituents is 1. The number of fused-ring (bicyclic) bond motifs is 2. The van der Waals surface area contributed by atoms with Crippen molar-refractivity contribution in [3.63, 3.8) is 0 Å². The third-order valence-electron chi connectivity index (χ3n) is 16.1. The van der Waals surface area contributed by atoms with Crippen LogP contribution in [0.5, 0.6) is 5.75 Å². The lowest BCUT2D eigenvalue weighted by atomic mass is 9.99. The number of hydrogen-bond donors (Lipinski definition) is 17. The fourth-order valence-corrected chi connectivity index (χ4v) is 11.2. The number of nitrogens with zero attached hydrogens (tertiary/aromatic N) is 3. The number of aromatic hydroxyl groups is 1. The topological polar surface area (TPSA) is 490 Å². The highest BCUT2D eigenvalue weighted by molar-refractivity contribution is 6.00. The molecule has 0 spiro atoms. The molecule has 0 bridgehead atoms. The summed E-state index contributed by atoms with van der Waals surface area (Å²) >= 11 is 0. The summed E-state index contributed by atoms with van der Waals surface area (Å²) in [6.07, 6.45) is 3.22. The van der Waals surface area contributed by atoms with Crippen molar-refractivity contribution >= 4 is 92.7 Å². The molecule has 2 saturated heterocycles. The summed E-state index contributed by atoms with van der Waals surface area (Å²) in [5.74, 6) is -14.7. The fraction of sp³-hybridized carbons (Fsp3) is 0.422. The van der Waals surface area contributed by atoms with Gasteiger partial charge in [-0.1, -0.05) is 62.2 Å². The minimum Gasteiger partial charge on any atom is -0.508 e. The maximum Gasteiger partial charge on any atom is 0.245 e. The van der Waals surface area contributed by atoms with Crippen LogP contribution in [0.4, 0.5) is 0 Å². The van der Waals surface area contributed by atoms with Crippen molar-refractivity contribution in [2.75, 3.05) is 26.2 Å². The number of nitrogens with two attached hydrogens (primary N) is 3. The molecule has 31 nitrogen and oxygen atoms in total. The Bertz CT molecular complexity index is 4040. The van der Waals surface area contributed by atoms with Gasteiger partial charge in [0.05, 0.1) is 19.5 Å². The minimum atomic E-state index is -3.72. The zero-order valence-corrected chi connectivity index (χ0v) is 51.5. The molecule has 506 valence electrons. The van der Waals surface area contributed by atoms with E-state index in [0.717, 1.165) is 4.90 Å². The second-order valence-corrected chi connectivity index (χ2v) is 23.1. The van der Waals surface area contributed by atoms with Gasteiger partial charge < -0.3 is 95.1 Å². The van der Waals surface area contributed by atoms with Crippen molar-refractivity contribution in [2.45, 2.75) is 139 Å². The van der Waals surface area contributed by atoms with Gasteiger partial charge in [-0.2, -0.15) is 0 Å². The summed E-state index contributed by atoms with van der Waals surface area (Å²) < 4.78 is 59.0. The molecule has 0 aliphatic carbocycles. The Hall–Kier alpha value is -10.8. The van der Waals surface area contributed by atoms with Crippen LogP contribution in [0, 0.1) is 5.89 Å². The molecule has 6 aromatic rings. The summed E-state index contributed by atoms with van der Waals surface area (Å²) in [4.78, 5) is 173. The summed E-state index contributed by atoms with van der Waals surface area (Å²) in [6.45, 7) is -9.32. The van der Waals surface area contributed by atoms with Crippen molar-refractivity contribution in [2.24, 2.45) is 28.1 Å². The first kappa shape index (κ1) is 60.4. The summed E-state index contributed by atoms with van der Waals surface area (Å²) in [5.41, 5.74) is 19.0. The quantitative estimate of drug-likeness (QED) is 0.0117. The molecular formula is C64H82N18O13. The molecule has 20 N–H and O–H groups in total. The van der Waals surface area contributed by atoms with Crippen molar-refractivity contribution in [1.29, 1.82) is 0 Å². The molecule has 95 heavy (non-hydrogen) atoms. The molecule has 9 atom stereocenters. The van der Waals surface area contributed by atoms with E-state index in [1.54, 1.807) is 54.7 Å². The average molecular weight is 1320 g/mol. The van der Waals surface area contributed by atoms with Gasteiger partial charge in [-0.25, -0.2) is 4.98 Å². The summed E-state index contributed by atoms with van der Waals surface area (Å²) in [5, 5.41) is 45.0. The van der Waals surface area contributed by atoms with Crippen LogP contribution in [-0.4, -0.2) is 187 Å². The largest absolute Gasteiger partial charge is 0.508 e. The van der Waals surface area contributed by atoms with Gasteiger partial charge in [-0.05, 0) is 85.4 Å². The Morgan fingerprint density at radius 1 is 0.674 bits per heavy atom. The lowest BCUT2D eigenvalue weighted by molar-refractivity contribution is -0.142. The standard InChI is InChI=1S/C64H82N18O13/c1-34(2)23-46(56(88)75-45(13-7-21-69-64(66)67)63(95)82-22-8-14-52(82)62(94)72-31-53(65)85)76-58(90)48(25-36-28-70-42-11-5-3-9-40(36)42)78-57(89)47(24-35-15-17-39(84)18-16-35)77-61(93)51(32-83)81-59(91)49(26-37-29-71-43-12-6-4-10-41(37)43)79-60(92)50(27-38-30-68-33-73-38)80-55(87)44-19-20-54(86)74-44/h3-6,9-12,15-18,28-30,33-34,44-52,70-71,83-84H,7-8,13-14,19-27,31-32H2,1-2H3,(H2,65,85)(H,68,73)(H,72,94)(H,74,86)(H,75,88)(H,76,90)(H,77,93)(H,78,89)(H,79,92)(H,80,87)(H,81,91)(H4,66,67,69)/t44-,45-,46-,47-,48+,49-,50-,51-,52-/m0/s1/i1D3,2D3,34D. The zero-order chi connectivity index (χ0) is 74.2. The van der Waals surface area contributed by atoms with Crippen LogP contribution in [0.1, 0.15) is 90.6 Å². The number of carbonyl (C=O) groups excluding carboxylic acids is 11. The number of nitrogens with one attached hydrogen (secondary N) is 12. The van der Waals surface area contributed by atoms with Crippen molar-refractivity contribution in [1.82, 2.24) is 72.7 Å². The van der Waals surface area contributed by atoms with Gasteiger partial charge in [-0.3, -0.25) is 57.7 Å². The van der Waals surface area contributed by atoms with Gasteiger partial charge in [0.2, 0.25) is 65.0 Å².